The van der Waals surface area contributed by atoms with Gasteiger partial charge in [-0.3, -0.25) is 4.90 Å². The molecule has 1 aliphatic heterocycles. The molecule has 0 bridgehead atoms. The molecule has 3 nitrogen and oxygen atoms in total. The van der Waals surface area contributed by atoms with Crippen LogP contribution < -0.4 is 5.32 Å². The second-order valence-electron chi connectivity index (χ2n) is 7.17. The molecule has 0 unspecified atom stereocenters. The first-order valence-corrected chi connectivity index (χ1v) is 8.06. The van der Waals surface area contributed by atoms with Crippen LogP contribution in [-0.4, -0.2) is 61.7 Å². The Bertz CT molecular complexity index is 238. The van der Waals surface area contributed by atoms with Crippen molar-refractivity contribution in [3.05, 3.63) is 0 Å². The highest BCUT2D eigenvalue weighted by Gasteiger charge is 2.30. The summed E-state index contributed by atoms with van der Waals surface area (Å²) in [5, 5.41) is 3.52. The fourth-order valence-electron chi connectivity index (χ4n) is 2.68. The minimum atomic E-state index is 0.344. The van der Waals surface area contributed by atoms with E-state index in [0.717, 1.165) is 12.5 Å². The number of nitrogens with one attached hydrogen (secondary N) is 1. The van der Waals surface area contributed by atoms with Crippen molar-refractivity contribution in [2.24, 2.45) is 5.92 Å². The van der Waals surface area contributed by atoms with Crippen molar-refractivity contribution in [1.82, 2.24) is 15.1 Å². The average molecular weight is 269 g/mol. The van der Waals surface area contributed by atoms with Crippen molar-refractivity contribution < 1.29 is 0 Å². The molecule has 0 radical (unpaired) electrons. The van der Waals surface area contributed by atoms with E-state index in [1.54, 1.807) is 0 Å². The van der Waals surface area contributed by atoms with Gasteiger partial charge in [0.25, 0.3) is 0 Å². The van der Waals surface area contributed by atoms with Crippen molar-refractivity contribution in [2.45, 2.75) is 52.5 Å². The van der Waals surface area contributed by atoms with Gasteiger partial charge in [-0.05, 0) is 59.3 Å². The number of hydrogen-bond donors (Lipinski definition) is 1. The van der Waals surface area contributed by atoms with Crippen LogP contribution in [0.3, 0.4) is 0 Å². The molecular formula is C16H35N3. The van der Waals surface area contributed by atoms with Gasteiger partial charge in [0.1, 0.15) is 0 Å². The Morgan fingerprint density at radius 2 is 1.84 bits per heavy atom. The van der Waals surface area contributed by atoms with Gasteiger partial charge in [-0.25, -0.2) is 0 Å². The minimum Gasteiger partial charge on any atom is -0.316 e. The minimum absolute atomic E-state index is 0.344. The number of nitrogens with zero attached hydrogens (tertiary/aromatic N) is 2. The molecule has 0 aliphatic carbocycles. The predicted octanol–water partition coefficient (Wildman–Crippen LogP) is 2.43. The van der Waals surface area contributed by atoms with E-state index in [1.807, 2.05) is 0 Å². The number of hydrogen-bond acceptors (Lipinski definition) is 3. The molecule has 0 amide bonds. The largest absolute Gasteiger partial charge is 0.316 e. The second-order valence-corrected chi connectivity index (χ2v) is 7.17. The Morgan fingerprint density at radius 1 is 1.11 bits per heavy atom. The molecule has 0 saturated carbocycles. The molecule has 114 valence electrons. The molecule has 0 atom stereocenters. The van der Waals surface area contributed by atoms with Gasteiger partial charge in [0.05, 0.1) is 0 Å². The van der Waals surface area contributed by atoms with Crippen LogP contribution in [-0.2, 0) is 0 Å². The van der Waals surface area contributed by atoms with E-state index in [-0.39, 0.29) is 0 Å². The molecule has 1 aliphatic rings. The van der Waals surface area contributed by atoms with Gasteiger partial charge in [-0.15, -0.1) is 0 Å². The Hall–Kier alpha value is -0.120. The fraction of sp³-hybridized carbons (Fsp3) is 1.00. The van der Waals surface area contributed by atoms with E-state index in [0.29, 0.717) is 5.54 Å². The maximum Gasteiger partial charge on any atom is 0.0277 e. The van der Waals surface area contributed by atoms with Crippen LogP contribution in [0.15, 0.2) is 0 Å². The zero-order valence-electron chi connectivity index (χ0n) is 13.8. The lowest BCUT2D eigenvalue weighted by Gasteiger charge is -2.45. The molecule has 1 fully saturated rings. The van der Waals surface area contributed by atoms with Gasteiger partial charge in [-0.2, -0.15) is 0 Å². The van der Waals surface area contributed by atoms with Gasteiger partial charge in [-0.1, -0.05) is 20.3 Å². The highest BCUT2D eigenvalue weighted by Crippen LogP contribution is 2.18. The van der Waals surface area contributed by atoms with Crippen LogP contribution >= 0.6 is 0 Å². The third-order valence-electron chi connectivity index (χ3n) is 4.28. The maximum atomic E-state index is 3.52. The molecule has 0 aromatic rings. The van der Waals surface area contributed by atoms with Crippen LogP contribution in [0.25, 0.3) is 0 Å². The summed E-state index contributed by atoms with van der Waals surface area (Å²) in [6.45, 7) is 16.5. The first kappa shape index (κ1) is 16.9. The number of unbranched alkanes of at least 4 members (excludes halogenated alkanes) is 2. The van der Waals surface area contributed by atoms with Gasteiger partial charge < -0.3 is 10.2 Å². The molecular weight excluding hydrogens is 234 g/mol. The molecule has 0 aromatic carbocycles. The van der Waals surface area contributed by atoms with Crippen molar-refractivity contribution in [3.8, 4) is 0 Å². The highest BCUT2D eigenvalue weighted by atomic mass is 15.3. The van der Waals surface area contributed by atoms with E-state index in [9.17, 15) is 0 Å². The van der Waals surface area contributed by atoms with Gasteiger partial charge in [0, 0.05) is 25.2 Å². The van der Waals surface area contributed by atoms with Crippen molar-refractivity contribution in [1.29, 1.82) is 0 Å². The summed E-state index contributed by atoms with van der Waals surface area (Å²) < 4.78 is 0. The Kier molecular flexibility index (Phi) is 7.33. The number of rotatable bonds is 8. The highest BCUT2D eigenvalue weighted by molar-refractivity contribution is 4.87. The topological polar surface area (TPSA) is 18.5 Å². The molecule has 1 heterocycles. The third kappa shape index (κ3) is 6.73. The van der Waals surface area contributed by atoms with E-state index in [4.69, 9.17) is 0 Å². The van der Waals surface area contributed by atoms with Gasteiger partial charge in [0.2, 0.25) is 0 Å². The summed E-state index contributed by atoms with van der Waals surface area (Å²) in [5.41, 5.74) is 0.344. The average Bonchev–Trinajstić information content (AvgIpc) is 2.31. The zero-order valence-corrected chi connectivity index (χ0v) is 13.8. The molecule has 3 heteroatoms. The smallest absolute Gasteiger partial charge is 0.0277 e. The van der Waals surface area contributed by atoms with Crippen molar-refractivity contribution >= 4 is 0 Å². The summed E-state index contributed by atoms with van der Waals surface area (Å²) in [6, 6.07) is 0. The zero-order chi connectivity index (χ0) is 14.3. The summed E-state index contributed by atoms with van der Waals surface area (Å²) >= 11 is 0. The maximum absolute atomic E-state index is 3.52. The normalized spacial score (nSPS) is 21.2. The monoisotopic (exact) mass is 269 g/mol. The van der Waals surface area contributed by atoms with E-state index >= 15 is 0 Å². The van der Waals surface area contributed by atoms with Crippen LogP contribution in [0.4, 0.5) is 0 Å². The van der Waals surface area contributed by atoms with Crippen LogP contribution in [0, 0.1) is 5.92 Å². The van der Waals surface area contributed by atoms with Crippen molar-refractivity contribution in [3.63, 3.8) is 0 Å². The quantitative estimate of drug-likeness (QED) is 0.683. The van der Waals surface area contributed by atoms with Gasteiger partial charge in [0.15, 0.2) is 0 Å². The van der Waals surface area contributed by atoms with Crippen LogP contribution in [0.1, 0.15) is 47.0 Å². The summed E-state index contributed by atoms with van der Waals surface area (Å²) in [4.78, 5) is 5.13. The summed E-state index contributed by atoms with van der Waals surface area (Å²) in [5.74, 6) is 0.771. The molecule has 1 saturated heterocycles. The molecule has 1 rings (SSSR count). The standard InChI is InChI=1S/C16H35N3/c1-15(2)13-17-9-7-6-8-10-19-12-11-18(5)16(3,4)14-19/h15,17H,6-14H2,1-5H3. The first-order chi connectivity index (χ1) is 8.92. The third-order valence-corrected chi connectivity index (χ3v) is 4.28. The van der Waals surface area contributed by atoms with Crippen LogP contribution in [0.5, 0.6) is 0 Å². The lowest BCUT2D eigenvalue weighted by atomic mass is 9.99. The first-order valence-electron chi connectivity index (χ1n) is 8.06. The Labute approximate surface area is 120 Å². The molecule has 19 heavy (non-hydrogen) atoms. The second kappa shape index (κ2) is 8.23. The van der Waals surface area contributed by atoms with E-state index in [1.165, 1.54) is 52.0 Å². The Morgan fingerprint density at radius 3 is 2.47 bits per heavy atom. The molecule has 0 aromatic heterocycles. The molecule has 1 N–H and O–H groups in total. The van der Waals surface area contributed by atoms with Gasteiger partial charge >= 0.3 is 0 Å². The van der Waals surface area contributed by atoms with E-state index in [2.05, 4.69) is 49.9 Å². The summed E-state index contributed by atoms with van der Waals surface area (Å²) in [7, 11) is 2.25. The predicted molar refractivity (Wildman–Crippen MR) is 84.7 cm³/mol. The van der Waals surface area contributed by atoms with Crippen molar-refractivity contribution in [2.75, 3.05) is 46.3 Å². The van der Waals surface area contributed by atoms with E-state index < -0.39 is 0 Å². The lowest BCUT2D eigenvalue weighted by molar-refractivity contribution is 0.0393. The SMILES string of the molecule is CC(C)CNCCCCCN1CCN(C)C(C)(C)C1. The van der Waals surface area contributed by atoms with Crippen LogP contribution in [0.2, 0.25) is 0 Å². The number of piperazine rings is 1. The number of likely N-dealkylation sites (N-methyl/N-ethyl adjacent to an activating group) is 1. The fourth-order valence-corrected chi connectivity index (χ4v) is 2.68. The summed E-state index contributed by atoms with van der Waals surface area (Å²) in [6.07, 6.45) is 4.03. The molecule has 0 spiro atoms. The Balaban J connectivity index is 2.01. The lowest BCUT2D eigenvalue weighted by Crippen LogP contribution is -2.57.